The van der Waals surface area contributed by atoms with Gasteiger partial charge in [-0.2, -0.15) is 5.26 Å². The van der Waals surface area contributed by atoms with E-state index in [4.69, 9.17) is 4.84 Å². The standard InChI is InChI=1S/C26H28N4O3S/c27-17-24-23-13-10-21(33-29-14-1-2-15-29)16-25(23)30(20-4-3-5-20)26(24)18-6-8-19(9-7-18)28-34(31,32)22-11-12-22/h6-10,13,16,20,22,28H,1-5,11-12,14-15H2. The summed E-state index contributed by atoms with van der Waals surface area (Å²) in [6.45, 7) is 1.88. The van der Waals surface area contributed by atoms with Gasteiger partial charge in [0.05, 0.1) is 22.0 Å². The molecule has 34 heavy (non-hydrogen) atoms. The molecule has 0 atom stereocenters. The van der Waals surface area contributed by atoms with Gasteiger partial charge in [-0.15, -0.1) is 5.06 Å². The average Bonchev–Trinajstić information content (AvgIpc) is 3.47. The van der Waals surface area contributed by atoms with Crippen LogP contribution in [-0.2, 0) is 10.0 Å². The van der Waals surface area contributed by atoms with Crippen molar-refractivity contribution in [3.05, 3.63) is 48.0 Å². The second-order valence-electron chi connectivity index (χ2n) is 9.62. The van der Waals surface area contributed by atoms with Gasteiger partial charge < -0.3 is 9.40 Å². The van der Waals surface area contributed by atoms with Crippen LogP contribution in [0, 0.1) is 11.3 Å². The molecule has 3 aromatic rings. The van der Waals surface area contributed by atoms with Crippen LogP contribution in [0.25, 0.3) is 22.2 Å². The monoisotopic (exact) mass is 476 g/mol. The Morgan fingerprint density at radius 1 is 0.971 bits per heavy atom. The quantitative estimate of drug-likeness (QED) is 0.507. The number of aromatic nitrogens is 1. The normalized spacial score (nSPS) is 19.1. The largest absolute Gasteiger partial charge is 0.406 e. The summed E-state index contributed by atoms with van der Waals surface area (Å²) in [7, 11) is -3.31. The van der Waals surface area contributed by atoms with Gasteiger partial charge in [0.1, 0.15) is 11.8 Å². The van der Waals surface area contributed by atoms with E-state index in [0.717, 1.165) is 79.5 Å². The summed E-state index contributed by atoms with van der Waals surface area (Å²) < 4.78 is 29.6. The van der Waals surface area contributed by atoms with Gasteiger partial charge >= 0.3 is 0 Å². The third-order valence-electron chi connectivity index (χ3n) is 7.21. The van der Waals surface area contributed by atoms with E-state index in [9.17, 15) is 13.7 Å². The van der Waals surface area contributed by atoms with Gasteiger partial charge in [0.2, 0.25) is 10.0 Å². The molecular formula is C26H28N4O3S. The number of hydrogen-bond acceptors (Lipinski definition) is 5. The lowest BCUT2D eigenvalue weighted by atomic mass is 9.92. The van der Waals surface area contributed by atoms with E-state index in [2.05, 4.69) is 21.4 Å². The van der Waals surface area contributed by atoms with Crippen molar-refractivity contribution in [2.75, 3.05) is 17.8 Å². The number of sulfonamides is 1. The Kier molecular flexibility index (Phi) is 5.27. The molecule has 2 aliphatic carbocycles. The fraction of sp³-hybridized carbons (Fsp3) is 0.423. The van der Waals surface area contributed by atoms with Gasteiger partial charge in [-0.1, -0.05) is 12.1 Å². The number of nitrogens with zero attached hydrogens (tertiary/aromatic N) is 3. The molecule has 6 rings (SSSR count). The molecule has 3 fully saturated rings. The number of benzene rings is 2. The summed E-state index contributed by atoms with van der Waals surface area (Å²) in [6, 6.07) is 16.2. The van der Waals surface area contributed by atoms with Crippen molar-refractivity contribution in [1.29, 1.82) is 5.26 Å². The van der Waals surface area contributed by atoms with Crippen LogP contribution in [0.2, 0.25) is 0 Å². The Morgan fingerprint density at radius 2 is 1.71 bits per heavy atom. The number of hydrogen-bond donors (Lipinski definition) is 1. The summed E-state index contributed by atoms with van der Waals surface area (Å²) in [5.41, 5.74) is 4.04. The smallest absolute Gasteiger partial charge is 0.235 e. The summed E-state index contributed by atoms with van der Waals surface area (Å²) in [5, 5.41) is 12.8. The minimum absolute atomic E-state index is 0.268. The molecule has 3 aliphatic rings. The van der Waals surface area contributed by atoms with Crippen molar-refractivity contribution in [1.82, 2.24) is 9.63 Å². The third-order valence-corrected chi connectivity index (χ3v) is 9.08. The lowest BCUT2D eigenvalue weighted by Gasteiger charge is -2.30. The van der Waals surface area contributed by atoms with Gasteiger partial charge in [-0.05, 0) is 74.8 Å². The molecule has 2 heterocycles. The Labute approximate surface area is 199 Å². The SMILES string of the molecule is N#Cc1c(-c2ccc(NS(=O)(=O)C3CC3)cc2)n(C2CCC2)c2cc(ON3CCCC3)ccc12. The predicted molar refractivity (Wildman–Crippen MR) is 132 cm³/mol. The van der Waals surface area contributed by atoms with Crippen LogP contribution in [0.5, 0.6) is 5.75 Å². The van der Waals surface area contributed by atoms with Crippen molar-refractivity contribution >= 4 is 26.6 Å². The lowest BCUT2D eigenvalue weighted by molar-refractivity contribution is -0.0345. The molecule has 7 nitrogen and oxygen atoms in total. The summed E-state index contributed by atoms with van der Waals surface area (Å²) >= 11 is 0. The molecule has 0 spiro atoms. The highest BCUT2D eigenvalue weighted by atomic mass is 32.2. The van der Waals surface area contributed by atoms with E-state index in [0.29, 0.717) is 17.3 Å². The van der Waals surface area contributed by atoms with Crippen molar-refractivity contribution < 1.29 is 13.3 Å². The van der Waals surface area contributed by atoms with Crippen LogP contribution >= 0.6 is 0 Å². The second-order valence-corrected chi connectivity index (χ2v) is 11.6. The van der Waals surface area contributed by atoms with E-state index in [1.807, 2.05) is 29.3 Å². The molecule has 0 radical (unpaired) electrons. The van der Waals surface area contributed by atoms with Crippen LogP contribution in [0.1, 0.15) is 56.6 Å². The van der Waals surface area contributed by atoms with Crippen LogP contribution in [0.4, 0.5) is 5.69 Å². The zero-order valence-corrected chi connectivity index (χ0v) is 19.9. The van der Waals surface area contributed by atoms with Crippen LogP contribution < -0.4 is 9.56 Å². The van der Waals surface area contributed by atoms with E-state index in [1.54, 1.807) is 12.1 Å². The Hall–Kier alpha value is -3.02. The van der Waals surface area contributed by atoms with Crippen molar-refractivity contribution in [2.24, 2.45) is 0 Å². The molecule has 1 aliphatic heterocycles. The van der Waals surface area contributed by atoms with E-state index < -0.39 is 10.0 Å². The molecule has 0 unspecified atom stereocenters. The number of nitrogens with one attached hydrogen (secondary N) is 1. The predicted octanol–water partition coefficient (Wildman–Crippen LogP) is 5.20. The van der Waals surface area contributed by atoms with Crippen molar-refractivity contribution in [3.8, 4) is 23.1 Å². The molecule has 2 saturated carbocycles. The summed E-state index contributed by atoms with van der Waals surface area (Å²) in [6.07, 6.45) is 7.09. The number of hydroxylamine groups is 2. The highest BCUT2D eigenvalue weighted by molar-refractivity contribution is 7.93. The average molecular weight is 477 g/mol. The van der Waals surface area contributed by atoms with Gasteiger partial charge in [-0.25, -0.2) is 8.42 Å². The lowest BCUT2D eigenvalue weighted by Crippen LogP contribution is -2.23. The number of fused-ring (bicyclic) bond motifs is 1. The van der Waals surface area contributed by atoms with Crippen molar-refractivity contribution in [2.45, 2.75) is 56.2 Å². The number of nitriles is 1. The minimum atomic E-state index is -3.31. The van der Waals surface area contributed by atoms with Gasteiger partial charge in [-0.3, -0.25) is 4.72 Å². The highest BCUT2D eigenvalue weighted by Crippen LogP contribution is 2.43. The molecule has 1 saturated heterocycles. The zero-order valence-electron chi connectivity index (χ0n) is 19.0. The molecule has 1 aromatic heterocycles. The first kappa shape index (κ1) is 21.5. The Balaban J connectivity index is 1.41. The first-order chi connectivity index (χ1) is 16.5. The zero-order chi connectivity index (χ0) is 23.3. The van der Waals surface area contributed by atoms with Crippen LogP contribution in [0.3, 0.4) is 0 Å². The Bertz CT molecular complexity index is 1370. The summed E-state index contributed by atoms with van der Waals surface area (Å²) in [5.74, 6) is 0.799. The van der Waals surface area contributed by atoms with Crippen LogP contribution in [0.15, 0.2) is 42.5 Å². The molecule has 8 heteroatoms. The first-order valence-corrected chi connectivity index (χ1v) is 13.7. The molecule has 176 valence electrons. The topological polar surface area (TPSA) is 87.4 Å². The number of anilines is 1. The molecule has 1 N–H and O–H groups in total. The maximum absolute atomic E-state index is 12.3. The highest BCUT2D eigenvalue weighted by Gasteiger charge is 2.35. The first-order valence-electron chi connectivity index (χ1n) is 12.2. The van der Waals surface area contributed by atoms with E-state index in [1.165, 1.54) is 6.42 Å². The number of rotatable bonds is 7. The molecule has 2 aromatic carbocycles. The van der Waals surface area contributed by atoms with Crippen molar-refractivity contribution in [3.63, 3.8) is 0 Å². The Morgan fingerprint density at radius 3 is 2.32 bits per heavy atom. The van der Waals surface area contributed by atoms with Gasteiger partial charge in [0, 0.05) is 36.3 Å². The van der Waals surface area contributed by atoms with Crippen LogP contribution in [-0.4, -0.2) is 36.4 Å². The minimum Gasteiger partial charge on any atom is -0.406 e. The second kappa shape index (κ2) is 8.33. The third kappa shape index (κ3) is 3.83. The molecule has 0 amide bonds. The maximum Gasteiger partial charge on any atom is 0.235 e. The van der Waals surface area contributed by atoms with E-state index >= 15 is 0 Å². The fourth-order valence-electron chi connectivity index (χ4n) is 5.02. The maximum atomic E-state index is 12.3. The molecular weight excluding hydrogens is 448 g/mol. The van der Waals surface area contributed by atoms with E-state index in [-0.39, 0.29) is 5.25 Å². The van der Waals surface area contributed by atoms with Gasteiger partial charge in [0.15, 0.2) is 0 Å². The summed E-state index contributed by atoms with van der Waals surface area (Å²) in [4.78, 5) is 6.12. The molecule has 0 bridgehead atoms. The fourth-order valence-corrected chi connectivity index (χ4v) is 6.41. The van der Waals surface area contributed by atoms with Gasteiger partial charge in [0.25, 0.3) is 0 Å².